The Hall–Kier alpha value is -2.81. The van der Waals surface area contributed by atoms with E-state index in [0.717, 1.165) is 43.5 Å². The van der Waals surface area contributed by atoms with Crippen LogP contribution in [-0.2, 0) is 30.2 Å². The number of cyclic esters (lactones) is 1. The summed E-state index contributed by atoms with van der Waals surface area (Å²) in [6, 6.07) is 3.81. The van der Waals surface area contributed by atoms with E-state index in [0.29, 0.717) is 17.3 Å². The summed E-state index contributed by atoms with van der Waals surface area (Å²) in [6.07, 6.45) is 3.32. The van der Waals surface area contributed by atoms with Gasteiger partial charge in [-0.25, -0.2) is 4.79 Å². The van der Waals surface area contributed by atoms with Crippen molar-refractivity contribution in [3.05, 3.63) is 35.1 Å². The Bertz CT molecular complexity index is 969. The molecule has 1 fully saturated rings. The molecule has 0 aromatic heterocycles. The van der Waals surface area contributed by atoms with Crippen molar-refractivity contribution in [1.29, 1.82) is 0 Å². The fourth-order valence-corrected chi connectivity index (χ4v) is 4.95. The molecule has 1 aromatic rings. The lowest BCUT2D eigenvalue weighted by atomic mass is 9.87. The van der Waals surface area contributed by atoms with E-state index in [1.165, 1.54) is 7.11 Å². The van der Waals surface area contributed by atoms with E-state index in [1.807, 2.05) is 18.2 Å². The number of benzene rings is 1. The van der Waals surface area contributed by atoms with Gasteiger partial charge in [-0.2, -0.15) is 4.39 Å². The van der Waals surface area contributed by atoms with Crippen LogP contribution in [0.1, 0.15) is 43.2 Å². The lowest BCUT2D eigenvalue weighted by molar-refractivity contribution is -0.240. The average Bonchev–Trinajstić information content (AvgIpc) is 3.32. The van der Waals surface area contributed by atoms with Crippen molar-refractivity contribution in [2.24, 2.45) is 0 Å². The van der Waals surface area contributed by atoms with Gasteiger partial charge in [0.1, 0.15) is 12.2 Å². The fourth-order valence-electron chi connectivity index (χ4n) is 4.95. The highest BCUT2D eigenvalue weighted by Crippen LogP contribution is 2.47. The first-order chi connectivity index (χ1) is 15.4. The van der Waals surface area contributed by atoms with E-state index >= 15 is 0 Å². The Morgan fingerprint density at radius 3 is 2.75 bits per heavy atom. The number of esters is 2. The number of fused-ring (bicyclic) bond motifs is 4. The van der Waals surface area contributed by atoms with E-state index in [2.05, 4.69) is 16.6 Å². The van der Waals surface area contributed by atoms with Gasteiger partial charge in [0.05, 0.1) is 7.11 Å². The molecule has 0 amide bonds. The van der Waals surface area contributed by atoms with Crippen LogP contribution in [0, 0.1) is 0 Å². The van der Waals surface area contributed by atoms with Gasteiger partial charge in [0.2, 0.25) is 6.79 Å². The summed E-state index contributed by atoms with van der Waals surface area (Å²) in [5.74, 6) is -3.26. The van der Waals surface area contributed by atoms with Crippen molar-refractivity contribution in [2.75, 3.05) is 27.0 Å². The van der Waals surface area contributed by atoms with Crippen molar-refractivity contribution in [3.63, 3.8) is 0 Å². The molecule has 0 spiro atoms. The molecule has 172 valence electrons. The number of nitrogens with zero attached hydrogens (tertiary/aromatic N) is 1. The lowest BCUT2D eigenvalue weighted by Gasteiger charge is -2.35. The second-order valence-corrected chi connectivity index (χ2v) is 8.54. The first-order valence-electron chi connectivity index (χ1n) is 11.0. The number of halogens is 1. The molecular formula is C23H26FNO7. The Balaban J connectivity index is 1.52. The number of unbranched alkanes of at least 4 members (excludes halogenated alkanes) is 1. The third kappa shape index (κ3) is 3.39. The van der Waals surface area contributed by atoms with Gasteiger partial charge >= 0.3 is 17.8 Å². The van der Waals surface area contributed by atoms with Crippen LogP contribution < -0.4 is 9.47 Å². The predicted molar refractivity (Wildman–Crippen MR) is 109 cm³/mol. The summed E-state index contributed by atoms with van der Waals surface area (Å²) in [7, 11) is 1.50. The Morgan fingerprint density at radius 2 is 2.06 bits per heavy atom. The number of rotatable bonds is 6. The molecule has 0 unspecified atom stereocenters. The molecule has 0 radical (unpaired) electrons. The number of hydrogen-bond donors (Lipinski definition) is 0. The average molecular weight is 447 g/mol. The molecule has 1 aliphatic carbocycles. The van der Waals surface area contributed by atoms with Crippen LogP contribution in [0.5, 0.6) is 11.5 Å². The van der Waals surface area contributed by atoms with E-state index in [9.17, 15) is 14.0 Å². The van der Waals surface area contributed by atoms with E-state index < -0.39 is 30.3 Å². The van der Waals surface area contributed by atoms with Crippen molar-refractivity contribution in [1.82, 2.24) is 4.90 Å². The predicted octanol–water partition coefficient (Wildman–Crippen LogP) is 2.59. The maximum atomic E-state index is 14.6. The van der Waals surface area contributed by atoms with E-state index in [1.54, 1.807) is 0 Å². The number of hydrogen-bond acceptors (Lipinski definition) is 8. The minimum absolute atomic E-state index is 0.101. The molecule has 1 aromatic carbocycles. The number of ether oxygens (including phenoxy) is 5. The molecule has 0 saturated carbocycles. The van der Waals surface area contributed by atoms with Gasteiger partial charge in [-0.15, -0.1) is 0 Å². The largest absolute Gasteiger partial charge is 0.497 e. The molecule has 3 aliphatic heterocycles. The monoisotopic (exact) mass is 447 g/mol. The van der Waals surface area contributed by atoms with Crippen LogP contribution in [0.2, 0.25) is 0 Å². The van der Waals surface area contributed by atoms with Gasteiger partial charge in [0.25, 0.3) is 0 Å². The topological polar surface area (TPSA) is 83.5 Å². The molecule has 1 saturated heterocycles. The molecule has 8 nitrogen and oxygen atoms in total. The zero-order chi connectivity index (χ0) is 22.5. The summed E-state index contributed by atoms with van der Waals surface area (Å²) in [5.41, 5.74) is 2.03. The normalized spacial score (nSPS) is 30.4. The van der Waals surface area contributed by atoms with Gasteiger partial charge < -0.3 is 23.7 Å². The van der Waals surface area contributed by atoms with E-state index in [4.69, 9.17) is 18.9 Å². The van der Waals surface area contributed by atoms with Crippen LogP contribution in [0.25, 0.3) is 0 Å². The lowest BCUT2D eigenvalue weighted by Crippen LogP contribution is -2.52. The molecule has 0 bridgehead atoms. The summed E-state index contributed by atoms with van der Waals surface area (Å²) in [5, 5.41) is 0. The quantitative estimate of drug-likeness (QED) is 0.616. The maximum absolute atomic E-state index is 14.6. The van der Waals surface area contributed by atoms with E-state index in [-0.39, 0.29) is 18.8 Å². The van der Waals surface area contributed by atoms with Crippen molar-refractivity contribution < 1.29 is 37.7 Å². The number of methoxy groups -OCH3 is 1. The molecule has 32 heavy (non-hydrogen) atoms. The second kappa shape index (κ2) is 7.95. The molecular weight excluding hydrogens is 421 g/mol. The van der Waals surface area contributed by atoms with Gasteiger partial charge in [0.15, 0.2) is 17.6 Å². The minimum atomic E-state index is -2.74. The smallest absolute Gasteiger partial charge is 0.386 e. The minimum Gasteiger partial charge on any atom is -0.497 e. The Kier molecular flexibility index (Phi) is 5.23. The summed E-state index contributed by atoms with van der Waals surface area (Å²) in [4.78, 5) is 26.1. The number of alkyl halides is 1. The molecule has 3 heterocycles. The van der Waals surface area contributed by atoms with Crippen LogP contribution in [-0.4, -0.2) is 61.8 Å². The zero-order valence-electron chi connectivity index (χ0n) is 18.1. The first-order valence-corrected chi connectivity index (χ1v) is 11.0. The number of carbonyl (C=O) groups is 2. The van der Waals surface area contributed by atoms with Gasteiger partial charge in [0, 0.05) is 18.5 Å². The Morgan fingerprint density at radius 1 is 1.31 bits per heavy atom. The van der Waals surface area contributed by atoms with Crippen LogP contribution in [0.4, 0.5) is 4.39 Å². The SMILES string of the molecule is CCCCN1CCc2cc3c(cc2[C@@H]2[C@H](OC(=O)[C@@]4(F)CC(=O)O4)C(OC)=C[C@@H]21)OCO3. The standard InChI is InChI=1S/C23H26FNO7/c1-3-4-6-25-7-5-13-8-16-17(30-12-29-16)9-14(13)20-15(25)10-18(28-2)21(20)31-22(27)23(24)11-19(26)32-23/h8-10,15,20-21H,3-7,11-12H2,1-2H3/t15-,20-,21+,23+/m0/s1. The summed E-state index contributed by atoms with van der Waals surface area (Å²) < 4.78 is 41.5. The molecule has 5 rings (SSSR count). The molecule has 0 N–H and O–H groups in total. The van der Waals surface area contributed by atoms with Gasteiger partial charge in [-0.1, -0.05) is 13.3 Å². The summed E-state index contributed by atoms with van der Waals surface area (Å²) in [6.45, 7) is 3.98. The third-order valence-electron chi connectivity index (χ3n) is 6.61. The summed E-state index contributed by atoms with van der Waals surface area (Å²) >= 11 is 0. The van der Waals surface area contributed by atoms with Crippen LogP contribution >= 0.6 is 0 Å². The Labute approximate surface area is 185 Å². The fraction of sp³-hybridized carbons (Fsp3) is 0.565. The number of carbonyl (C=O) groups excluding carboxylic acids is 2. The maximum Gasteiger partial charge on any atom is 0.386 e. The van der Waals surface area contributed by atoms with Gasteiger partial charge in [-0.05, 0) is 48.7 Å². The van der Waals surface area contributed by atoms with Crippen molar-refractivity contribution in [2.45, 2.75) is 56.5 Å². The second-order valence-electron chi connectivity index (χ2n) is 8.54. The van der Waals surface area contributed by atoms with Crippen molar-refractivity contribution in [3.8, 4) is 11.5 Å². The van der Waals surface area contributed by atoms with Crippen LogP contribution in [0.3, 0.4) is 0 Å². The van der Waals surface area contributed by atoms with Crippen molar-refractivity contribution >= 4 is 11.9 Å². The molecule has 4 atom stereocenters. The third-order valence-corrected chi connectivity index (χ3v) is 6.61. The van der Waals surface area contributed by atoms with Crippen LogP contribution in [0.15, 0.2) is 24.0 Å². The molecule has 4 aliphatic rings. The highest BCUT2D eigenvalue weighted by Gasteiger charge is 2.57. The highest BCUT2D eigenvalue weighted by atomic mass is 19.2. The zero-order valence-corrected chi connectivity index (χ0v) is 18.1. The highest BCUT2D eigenvalue weighted by molar-refractivity contribution is 5.92. The first kappa shape index (κ1) is 21.1. The molecule has 9 heteroatoms. The van der Waals surface area contributed by atoms with Gasteiger partial charge in [-0.3, -0.25) is 9.69 Å².